The van der Waals surface area contributed by atoms with E-state index in [1.54, 1.807) is 37.3 Å². The van der Waals surface area contributed by atoms with Gasteiger partial charge in [0.1, 0.15) is 11.9 Å². The maximum Gasteiger partial charge on any atom is 0.248 e. The van der Waals surface area contributed by atoms with Crippen LogP contribution in [-0.4, -0.2) is 20.7 Å². The molecule has 0 radical (unpaired) electrons. The topological polar surface area (TPSA) is 99.0 Å². The lowest BCUT2D eigenvalue weighted by Gasteiger charge is -2.27. The van der Waals surface area contributed by atoms with E-state index < -0.39 is 17.8 Å². The number of furan rings is 1. The molecule has 2 aromatic heterocycles. The maximum atomic E-state index is 14.4. The summed E-state index contributed by atoms with van der Waals surface area (Å²) in [5.41, 5.74) is 6.58. The molecule has 8 heteroatoms. The number of hydrogen-bond donors (Lipinski definition) is 2. The van der Waals surface area contributed by atoms with Crippen LogP contribution >= 0.6 is 0 Å². The van der Waals surface area contributed by atoms with Crippen molar-refractivity contribution in [1.82, 2.24) is 14.8 Å². The first-order valence-corrected chi connectivity index (χ1v) is 7.58. The zero-order valence-corrected chi connectivity index (χ0v) is 13.2. The second kappa shape index (κ2) is 5.59. The van der Waals surface area contributed by atoms with E-state index >= 15 is 0 Å². The van der Waals surface area contributed by atoms with Gasteiger partial charge in [-0.3, -0.25) is 4.79 Å². The van der Waals surface area contributed by atoms with Crippen LogP contribution in [0, 0.1) is 5.82 Å². The third-order valence-electron chi connectivity index (χ3n) is 4.06. The molecule has 1 amide bonds. The van der Waals surface area contributed by atoms with Gasteiger partial charge < -0.3 is 15.5 Å². The Labute approximate surface area is 142 Å². The molecule has 0 aliphatic carbocycles. The number of primary amides is 1. The molecule has 126 valence electrons. The third kappa shape index (κ3) is 2.38. The minimum absolute atomic E-state index is 0.230. The zero-order valence-electron chi connectivity index (χ0n) is 13.2. The van der Waals surface area contributed by atoms with Crippen molar-refractivity contribution < 1.29 is 13.6 Å². The van der Waals surface area contributed by atoms with Crippen LogP contribution in [0.5, 0.6) is 0 Å². The van der Waals surface area contributed by atoms with Crippen LogP contribution in [0.4, 0.5) is 10.3 Å². The highest BCUT2D eigenvalue weighted by Crippen LogP contribution is 2.36. The highest BCUT2D eigenvalue weighted by Gasteiger charge is 2.35. The van der Waals surface area contributed by atoms with E-state index in [0.29, 0.717) is 23.2 Å². The lowest BCUT2D eigenvalue weighted by Crippen LogP contribution is -2.32. The summed E-state index contributed by atoms with van der Waals surface area (Å²) in [5, 5.41) is 7.40. The Balaban J connectivity index is 1.93. The fourth-order valence-electron chi connectivity index (χ4n) is 2.96. The van der Waals surface area contributed by atoms with Gasteiger partial charge in [0, 0.05) is 11.3 Å². The fraction of sp³-hybridized carbons (Fsp3) is 0.118. The van der Waals surface area contributed by atoms with Crippen molar-refractivity contribution in [1.29, 1.82) is 0 Å². The molecule has 0 saturated carbocycles. The molecule has 0 spiro atoms. The second-order valence-electron chi connectivity index (χ2n) is 5.63. The number of carbonyl (C=O) groups is 1. The molecule has 3 aromatic rings. The van der Waals surface area contributed by atoms with Crippen molar-refractivity contribution in [3.63, 3.8) is 0 Å². The highest BCUT2D eigenvalue weighted by molar-refractivity contribution is 5.95. The van der Waals surface area contributed by atoms with Crippen molar-refractivity contribution in [3.05, 3.63) is 65.3 Å². The standard InChI is InChI=1S/C17H14FN5O2/c1-9-13(15(19)24)14(10-5-2-3-6-11(10)18)23-17(20-9)21-16(22-23)12-7-4-8-25-12/h2-8,14H,1H3,(H2,19,24)(H,20,21,22). The Morgan fingerprint density at radius 2 is 2.12 bits per heavy atom. The lowest BCUT2D eigenvalue weighted by atomic mass is 9.95. The Bertz CT molecular complexity index is 990. The number of hydrogen-bond acceptors (Lipinski definition) is 5. The third-order valence-corrected chi connectivity index (χ3v) is 4.06. The van der Waals surface area contributed by atoms with Gasteiger partial charge in [0.05, 0.1) is 11.8 Å². The fourth-order valence-corrected chi connectivity index (χ4v) is 2.96. The molecule has 4 rings (SSSR count). The van der Waals surface area contributed by atoms with E-state index in [0.717, 1.165) is 0 Å². The summed E-state index contributed by atoms with van der Waals surface area (Å²) < 4.78 is 21.2. The SMILES string of the molecule is CC1=C(C(N)=O)C(c2ccccc2F)n2nc(-c3ccco3)nc2N1. The number of aromatic nitrogens is 3. The Kier molecular flexibility index (Phi) is 3.38. The van der Waals surface area contributed by atoms with Crippen molar-refractivity contribution in [2.75, 3.05) is 5.32 Å². The molecule has 3 heterocycles. The van der Waals surface area contributed by atoms with Crippen molar-refractivity contribution in [3.8, 4) is 11.6 Å². The molecule has 1 unspecified atom stereocenters. The average Bonchev–Trinajstić information content (AvgIpc) is 3.22. The van der Waals surface area contributed by atoms with Gasteiger partial charge in [0.25, 0.3) is 0 Å². The summed E-state index contributed by atoms with van der Waals surface area (Å²) in [5.74, 6) is 0.0599. The first kappa shape index (κ1) is 15.1. The average molecular weight is 339 g/mol. The molecule has 3 N–H and O–H groups in total. The number of benzene rings is 1. The highest BCUT2D eigenvalue weighted by atomic mass is 19.1. The number of allylic oxidation sites excluding steroid dienone is 1. The van der Waals surface area contributed by atoms with Crippen LogP contribution in [0.25, 0.3) is 11.6 Å². The normalized spacial score (nSPS) is 16.5. The summed E-state index contributed by atoms with van der Waals surface area (Å²) >= 11 is 0. The van der Waals surface area contributed by atoms with Gasteiger partial charge in [-0.2, -0.15) is 4.98 Å². The number of amides is 1. The molecular weight excluding hydrogens is 325 g/mol. The Morgan fingerprint density at radius 3 is 2.80 bits per heavy atom. The number of nitrogens with one attached hydrogen (secondary N) is 1. The largest absolute Gasteiger partial charge is 0.461 e. The van der Waals surface area contributed by atoms with Gasteiger partial charge >= 0.3 is 0 Å². The number of rotatable bonds is 3. The first-order chi connectivity index (χ1) is 12.1. The van der Waals surface area contributed by atoms with Gasteiger partial charge in [-0.25, -0.2) is 9.07 Å². The summed E-state index contributed by atoms with van der Waals surface area (Å²) in [7, 11) is 0. The monoisotopic (exact) mass is 339 g/mol. The van der Waals surface area contributed by atoms with E-state index in [9.17, 15) is 9.18 Å². The first-order valence-electron chi connectivity index (χ1n) is 7.58. The quantitative estimate of drug-likeness (QED) is 0.763. The number of halogens is 1. The minimum atomic E-state index is -0.814. The molecule has 1 aliphatic heterocycles. The molecule has 25 heavy (non-hydrogen) atoms. The second-order valence-corrected chi connectivity index (χ2v) is 5.63. The van der Waals surface area contributed by atoms with Crippen LogP contribution in [0.1, 0.15) is 18.5 Å². The van der Waals surface area contributed by atoms with E-state index in [2.05, 4.69) is 15.4 Å². The smallest absolute Gasteiger partial charge is 0.248 e. The molecule has 1 atom stereocenters. The summed E-state index contributed by atoms with van der Waals surface area (Å²) in [4.78, 5) is 16.4. The molecule has 0 bridgehead atoms. The van der Waals surface area contributed by atoms with Crippen LogP contribution in [0.2, 0.25) is 0 Å². The molecule has 0 saturated heterocycles. The van der Waals surface area contributed by atoms with Crippen LogP contribution in [-0.2, 0) is 4.79 Å². The van der Waals surface area contributed by atoms with Gasteiger partial charge in [0.2, 0.25) is 17.7 Å². The van der Waals surface area contributed by atoms with E-state index in [-0.39, 0.29) is 11.1 Å². The predicted molar refractivity (Wildman–Crippen MR) is 87.8 cm³/mol. The summed E-state index contributed by atoms with van der Waals surface area (Å²) in [6.45, 7) is 1.69. The van der Waals surface area contributed by atoms with Crippen LogP contribution in [0.15, 0.2) is 58.3 Å². The number of fused-ring (bicyclic) bond motifs is 1. The number of nitrogens with two attached hydrogens (primary N) is 1. The Morgan fingerprint density at radius 1 is 1.32 bits per heavy atom. The predicted octanol–water partition coefficient (Wildman–Crippen LogP) is 2.45. The van der Waals surface area contributed by atoms with Gasteiger partial charge in [-0.15, -0.1) is 5.10 Å². The van der Waals surface area contributed by atoms with E-state index in [1.807, 2.05) is 0 Å². The van der Waals surface area contributed by atoms with Crippen molar-refractivity contribution in [2.24, 2.45) is 5.73 Å². The number of nitrogens with zero attached hydrogens (tertiary/aromatic N) is 3. The summed E-state index contributed by atoms with van der Waals surface area (Å²) in [6, 6.07) is 8.82. The van der Waals surface area contributed by atoms with Crippen LogP contribution in [0.3, 0.4) is 0 Å². The minimum Gasteiger partial charge on any atom is -0.461 e. The van der Waals surface area contributed by atoms with Gasteiger partial charge in [0.15, 0.2) is 5.76 Å². The lowest BCUT2D eigenvalue weighted by molar-refractivity contribution is -0.115. The molecule has 1 aliphatic rings. The molecule has 1 aromatic carbocycles. The Hall–Kier alpha value is -3.42. The van der Waals surface area contributed by atoms with Crippen LogP contribution < -0.4 is 11.1 Å². The van der Waals surface area contributed by atoms with Crippen molar-refractivity contribution in [2.45, 2.75) is 13.0 Å². The molecule has 0 fully saturated rings. The number of carbonyl (C=O) groups excluding carboxylic acids is 1. The zero-order chi connectivity index (χ0) is 17.6. The number of anilines is 1. The van der Waals surface area contributed by atoms with Gasteiger partial charge in [-0.1, -0.05) is 18.2 Å². The molecular formula is C17H14FN5O2. The van der Waals surface area contributed by atoms with E-state index in [4.69, 9.17) is 10.2 Å². The molecule has 7 nitrogen and oxygen atoms in total. The maximum absolute atomic E-state index is 14.4. The van der Waals surface area contributed by atoms with E-state index in [1.165, 1.54) is 17.0 Å². The van der Waals surface area contributed by atoms with Crippen molar-refractivity contribution >= 4 is 11.9 Å². The summed E-state index contributed by atoms with van der Waals surface area (Å²) in [6.07, 6.45) is 1.51. The van der Waals surface area contributed by atoms with Gasteiger partial charge in [-0.05, 0) is 25.1 Å².